The van der Waals surface area contributed by atoms with Gasteiger partial charge in [0.05, 0.1) is 12.0 Å². The second-order valence-corrected chi connectivity index (χ2v) is 5.61. The Morgan fingerprint density at radius 1 is 1.44 bits per heavy atom. The van der Waals surface area contributed by atoms with Crippen molar-refractivity contribution >= 4 is 11.3 Å². The number of nitrogens with one attached hydrogen (secondary N) is 1. The average Bonchev–Trinajstić information content (AvgIpc) is 2.92. The lowest BCUT2D eigenvalue weighted by atomic mass is 10.2. The molecule has 0 aliphatic rings. The smallest absolute Gasteiger partial charge is 0.165 e. The van der Waals surface area contributed by atoms with Gasteiger partial charge in [-0.2, -0.15) is 0 Å². The van der Waals surface area contributed by atoms with Crippen LogP contribution in [0, 0.1) is 13.8 Å². The SMILES string of the molecule is CCCNC(C)c1sc(-c2occc2C)nc1C. The van der Waals surface area contributed by atoms with Crippen LogP contribution in [0.15, 0.2) is 16.7 Å². The highest BCUT2D eigenvalue weighted by molar-refractivity contribution is 7.15. The van der Waals surface area contributed by atoms with Gasteiger partial charge in [-0.1, -0.05) is 6.92 Å². The van der Waals surface area contributed by atoms with Gasteiger partial charge in [-0.05, 0) is 45.4 Å². The Bertz CT molecular complexity index is 516. The molecule has 0 saturated carbocycles. The van der Waals surface area contributed by atoms with Gasteiger partial charge in [-0.25, -0.2) is 4.98 Å². The topological polar surface area (TPSA) is 38.1 Å². The van der Waals surface area contributed by atoms with Gasteiger partial charge < -0.3 is 9.73 Å². The first-order valence-corrected chi connectivity index (χ1v) is 7.20. The summed E-state index contributed by atoms with van der Waals surface area (Å²) in [6, 6.07) is 2.33. The molecule has 0 amide bonds. The maximum absolute atomic E-state index is 5.51. The van der Waals surface area contributed by atoms with Gasteiger partial charge in [0.25, 0.3) is 0 Å². The van der Waals surface area contributed by atoms with Crippen LogP contribution in [0.4, 0.5) is 0 Å². The third-order valence-electron chi connectivity index (χ3n) is 2.98. The highest BCUT2D eigenvalue weighted by Crippen LogP contribution is 2.33. The second kappa shape index (κ2) is 5.67. The van der Waals surface area contributed by atoms with Crippen molar-refractivity contribution in [3.63, 3.8) is 0 Å². The van der Waals surface area contributed by atoms with Gasteiger partial charge in [-0.15, -0.1) is 11.3 Å². The Kier molecular flexibility index (Phi) is 4.19. The van der Waals surface area contributed by atoms with Crippen LogP contribution in [0.3, 0.4) is 0 Å². The van der Waals surface area contributed by atoms with E-state index in [1.807, 2.05) is 13.0 Å². The molecule has 0 aromatic carbocycles. The summed E-state index contributed by atoms with van der Waals surface area (Å²) in [5, 5.41) is 4.48. The summed E-state index contributed by atoms with van der Waals surface area (Å²) in [5.74, 6) is 0.900. The first-order valence-electron chi connectivity index (χ1n) is 6.38. The van der Waals surface area contributed by atoms with Crippen molar-refractivity contribution in [2.75, 3.05) is 6.54 Å². The number of nitrogens with zero attached hydrogens (tertiary/aromatic N) is 1. The number of rotatable bonds is 5. The average molecular weight is 264 g/mol. The van der Waals surface area contributed by atoms with E-state index in [9.17, 15) is 0 Å². The number of aromatic nitrogens is 1. The van der Waals surface area contributed by atoms with Gasteiger partial charge in [-0.3, -0.25) is 0 Å². The van der Waals surface area contributed by atoms with Gasteiger partial charge in [0, 0.05) is 10.9 Å². The van der Waals surface area contributed by atoms with Crippen LogP contribution >= 0.6 is 11.3 Å². The molecule has 2 heterocycles. The Balaban J connectivity index is 2.24. The second-order valence-electron chi connectivity index (χ2n) is 4.58. The normalized spacial score (nSPS) is 12.9. The fraction of sp³-hybridized carbons (Fsp3) is 0.500. The predicted molar refractivity (Wildman–Crippen MR) is 76.0 cm³/mol. The first kappa shape index (κ1) is 13.3. The minimum Gasteiger partial charge on any atom is -0.462 e. The number of aryl methyl sites for hydroxylation is 2. The highest BCUT2D eigenvalue weighted by Gasteiger charge is 2.17. The molecule has 1 N–H and O–H groups in total. The Morgan fingerprint density at radius 3 is 2.83 bits per heavy atom. The van der Waals surface area contributed by atoms with E-state index < -0.39 is 0 Å². The van der Waals surface area contributed by atoms with E-state index in [2.05, 4.69) is 31.1 Å². The minimum absolute atomic E-state index is 0.353. The lowest BCUT2D eigenvalue weighted by molar-refractivity contribution is 0.575. The molecule has 0 spiro atoms. The lowest BCUT2D eigenvalue weighted by Crippen LogP contribution is -2.18. The third kappa shape index (κ3) is 2.65. The molecule has 0 bridgehead atoms. The molecule has 98 valence electrons. The molecule has 1 unspecified atom stereocenters. The molecule has 0 aliphatic heterocycles. The summed E-state index contributed by atoms with van der Waals surface area (Å²) in [6.07, 6.45) is 2.87. The summed E-state index contributed by atoms with van der Waals surface area (Å²) in [5.41, 5.74) is 2.24. The van der Waals surface area contributed by atoms with Crippen molar-refractivity contribution in [2.45, 2.75) is 40.2 Å². The molecule has 2 rings (SSSR count). The molecular weight excluding hydrogens is 244 g/mol. The maximum Gasteiger partial charge on any atom is 0.165 e. The zero-order valence-electron chi connectivity index (χ0n) is 11.4. The molecular formula is C14H20N2OS. The van der Waals surface area contributed by atoms with E-state index in [1.165, 1.54) is 4.88 Å². The van der Waals surface area contributed by atoms with Crippen LogP contribution in [0.2, 0.25) is 0 Å². The molecule has 2 aromatic rings. The van der Waals surface area contributed by atoms with Crippen molar-refractivity contribution in [3.8, 4) is 10.8 Å². The van der Waals surface area contributed by atoms with Gasteiger partial charge in [0.2, 0.25) is 0 Å². The highest BCUT2D eigenvalue weighted by atomic mass is 32.1. The largest absolute Gasteiger partial charge is 0.462 e. The molecule has 0 saturated heterocycles. The summed E-state index contributed by atoms with van der Waals surface area (Å²) < 4.78 is 5.51. The number of thiazole rings is 1. The zero-order valence-corrected chi connectivity index (χ0v) is 12.2. The molecule has 0 aliphatic carbocycles. The first-order chi connectivity index (χ1) is 8.63. The Labute approximate surface area is 112 Å². The predicted octanol–water partition coefficient (Wildman–Crippen LogP) is 4.08. The monoisotopic (exact) mass is 264 g/mol. The van der Waals surface area contributed by atoms with E-state index in [0.717, 1.165) is 35.0 Å². The zero-order chi connectivity index (χ0) is 13.1. The Hall–Kier alpha value is -1.13. The molecule has 1 atom stereocenters. The van der Waals surface area contributed by atoms with Crippen molar-refractivity contribution < 1.29 is 4.42 Å². The van der Waals surface area contributed by atoms with Crippen LogP contribution in [0.25, 0.3) is 10.8 Å². The van der Waals surface area contributed by atoms with Crippen LogP contribution in [0.5, 0.6) is 0 Å². The summed E-state index contributed by atoms with van der Waals surface area (Å²) in [6.45, 7) is 9.52. The number of hydrogen-bond donors (Lipinski definition) is 1. The van der Waals surface area contributed by atoms with Crippen molar-refractivity contribution in [3.05, 3.63) is 28.5 Å². The summed E-state index contributed by atoms with van der Waals surface area (Å²) in [7, 11) is 0. The fourth-order valence-corrected chi connectivity index (χ4v) is 3.10. The standard InChI is InChI=1S/C14H20N2OS/c1-5-7-15-10(3)13-11(4)16-14(18-13)12-9(2)6-8-17-12/h6,8,10,15H,5,7H2,1-4H3. The van der Waals surface area contributed by atoms with Crippen molar-refractivity contribution in [1.82, 2.24) is 10.3 Å². The van der Waals surface area contributed by atoms with E-state index in [4.69, 9.17) is 4.42 Å². The van der Waals surface area contributed by atoms with Crippen LogP contribution in [-0.2, 0) is 0 Å². The third-order valence-corrected chi connectivity index (χ3v) is 4.32. The molecule has 4 heteroatoms. The maximum atomic E-state index is 5.51. The van der Waals surface area contributed by atoms with E-state index in [1.54, 1.807) is 17.6 Å². The Morgan fingerprint density at radius 2 is 2.22 bits per heavy atom. The van der Waals surface area contributed by atoms with Crippen LogP contribution in [0.1, 0.15) is 42.4 Å². The van der Waals surface area contributed by atoms with Crippen LogP contribution in [-0.4, -0.2) is 11.5 Å². The number of furan rings is 1. The van der Waals surface area contributed by atoms with Gasteiger partial charge in [0.15, 0.2) is 10.8 Å². The van der Waals surface area contributed by atoms with Crippen molar-refractivity contribution in [1.29, 1.82) is 0 Å². The number of hydrogen-bond acceptors (Lipinski definition) is 4. The molecule has 2 aromatic heterocycles. The lowest BCUT2D eigenvalue weighted by Gasteiger charge is -2.11. The van der Waals surface area contributed by atoms with E-state index >= 15 is 0 Å². The molecule has 0 radical (unpaired) electrons. The minimum atomic E-state index is 0.353. The van der Waals surface area contributed by atoms with E-state index in [-0.39, 0.29) is 0 Å². The summed E-state index contributed by atoms with van der Waals surface area (Å²) in [4.78, 5) is 5.93. The molecule has 3 nitrogen and oxygen atoms in total. The fourth-order valence-electron chi connectivity index (χ4n) is 1.95. The molecule has 18 heavy (non-hydrogen) atoms. The van der Waals surface area contributed by atoms with Gasteiger partial charge in [0.1, 0.15) is 0 Å². The quantitative estimate of drug-likeness (QED) is 0.884. The van der Waals surface area contributed by atoms with Gasteiger partial charge >= 0.3 is 0 Å². The van der Waals surface area contributed by atoms with Crippen LogP contribution < -0.4 is 5.32 Å². The van der Waals surface area contributed by atoms with E-state index in [0.29, 0.717) is 6.04 Å². The summed E-state index contributed by atoms with van der Waals surface area (Å²) >= 11 is 1.72. The van der Waals surface area contributed by atoms with Crippen molar-refractivity contribution in [2.24, 2.45) is 0 Å². The molecule has 0 fully saturated rings.